The van der Waals surface area contributed by atoms with E-state index in [0.717, 1.165) is 5.56 Å². The standard InChI is InChI=1S/C19H14Cl2O5/c20-13-3-4-14(15(21)10-13)16(22)11-26-19(23)6-2-12-1-5-17-18(9-12)25-8-7-24-17/h1-6,9-10H,7-8,11H2/b6-2+. The van der Waals surface area contributed by atoms with Gasteiger partial charge in [0.1, 0.15) is 13.2 Å². The van der Waals surface area contributed by atoms with E-state index in [2.05, 4.69) is 0 Å². The van der Waals surface area contributed by atoms with Crippen molar-refractivity contribution in [3.05, 3.63) is 63.6 Å². The van der Waals surface area contributed by atoms with E-state index in [9.17, 15) is 9.59 Å². The molecule has 1 aliphatic rings. The molecule has 5 nitrogen and oxygen atoms in total. The van der Waals surface area contributed by atoms with Gasteiger partial charge < -0.3 is 14.2 Å². The number of ketones is 1. The topological polar surface area (TPSA) is 61.8 Å². The van der Waals surface area contributed by atoms with Crippen molar-refractivity contribution in [3.8, 4) is 11.5 Å². The molecule has 1 aliphatic heterocycles. The molecule has 2 aromatic carbocycles. The van der Waals surface area contributed by atoms with E-state index in [1.54, 1.807) is 30.3 Å². The zero-order valence-electron chi connectivity index (χ0n) is 13.5. The Kier molecular flexibility index (Phi) is 5.81. The van der Waals surface area contributed by atoms with Crippen molar-refractivity contribution in [2.75, 3.05) is 19.8 Å². The predicted octanol–water partition coefficient (Wildman–Crippen LogP) is 4.20. The van der Waals surface area contributed by atoms with E-state index >= 15 is 0 Å². The molecule has 0 unspecified atom stereocenters. The van der Waals surface area contributed by atoms with Gasteiger partial charge in [0, 0.05) is 16.7 Å². The molecule has 0 aliphatic carbocycles. The maximum Gasteiger partial charge on any atom is 0.331 e. The van der Waals surface area contributed by atoms with Gasteiger partial charge in [0.25, 0.3) is 0 Å². The van der Waals surface area contributed by atoms with Crippen LogP contribution in [0.4, 0.5) is 0 Å². The monoisotopic (exact) mass is 392 g/mol. The number of benzene rings is 2. The number of halogens is 2. The Balaban J connectivity index is 1.57. The number of Topliss-reactive ketones (excluding diaryl/α,β-unsaturated/α-hetero) is 1. The van der Waals surface area contributed by atoms with Crippen LogP contribution in [0.5, 0.6) is 11.5 Å². The van der Waals surface area contributed by atoms with Crippen molar-refractivity contribution in [2.45, 2.75) is 0 Å². The molecule has 26 heavy (non-hydrogen) atoms. The molecule has 0 aromatic heterocycles. The maximum atomic E-state index is 12.1. The number of hydrogen-bond acceptors (Lipinski definition) is 5. The Morgan fingerprint density at radius 3 is 2.58 bits per heavy atom. The summed E-state index contributed by atoms with van der Waals surface area (Å²) in [5.74, 6) is 0.242. The zero-order chi connectivity index (χ0) is 18.5. The average Bonchev–Trinajstić information content (AvgIpc) is 2.64. The van der Waals surface area contributed by atoms with Gasteiger partial charge in [-0.1, -0.05) is 29.3 Å². The fourth-order valence-corrected chi connectivity index (χ4v) is 2.82. The molecule has 2 aromatic rings. The molecule has 7 heteroatoms. The summed E-state index contributed by atoms with van der Waals surface area (Å²) in [4.78, 5) is 23.9. The van der Waals surface area contributed by atoms with Crippen molar-refractivity contribution in [1.29, 1.82) is 0 Å². The van der Waals surface area contributed by atoms with Crippen LogP contribution in [0.1, 0.15) is 15.9 Å². The number of rotatable bonds is 5. The number of fused-ring (bicyclic) bond motifs is 1. The lowest BCUT2D eigenvalue weighted by atomic mass is 10.1. The largest absolute Gasteiger partial charge is 0.486 e. The molecular formula is C19H14Cl2O5. The minimum atomic E-state index is -0.640. The lowest BCUT2D eigenvalue weighted by Crippen LogP contribution is -2.15. The second-order valence-corrected chi connectivity index (χ2v) is 6.24. The number of esters is 1. The summed E-state index contributed by atoms with van der Waals surface area (Å²) >= 11 is 11.7. The minimum Gasteiger partial charge on any atom is -0.486 e. The number of carbonyl (C=O) groups is 2. The predicted molar refractivity (Wildman–Crippen MR) is 98.2 cm³/mol. The Hall–Kier alpha value is -2.50. The Morgan fingerprint density at radius 2 is 1.81 bits per heavy atom. The lowest BCUT2D eigenvalue weighted by Gasteiger charge is -2.18. The van der Waals surface area contributed by atoms with Crippen LogP contribution in [0.3, 0.4) is 0 Å². The van der Waals surface area contributed by atoms with Crippen LogP contribution in [0.15, 0.2) is 42.5 Å². The lowest BCUT2D eigenvalue weighted by molar-refractivity contribution is -0.136. The molecule has 0 saturated carbocycles. The number of carbonyl (C=O) groups excluding carboxylic acids is 2. The summed E-state index contributed by atoms with van der Waals surface area (Å²) in [5.41, 5.74) is 0.998. The number of ether oxygens (including phenoxy) is 3. The van der Waals surface area contributed by atoms with E-state index in [1.165, 1.54) is 18.2 Å². The van der Waals surface area contributed by atoms with Crippen LogP contribution < -0.4 is 9.47 Å². The first kappa shape index (κ1) is 18.3. The van der Waals surface area contributed by atoms with E-state index in [4.69, 9.17) is 37.4 Å². The normalized spacial score (nSPS) is 12.8. The average molecular weight is 393 g/mol. The SMILES string of the molecule is O=C(/C=C/c1ccc2c(c1)OCCO2)OCC(=O)c1ccc(Cl)cc1Cl. The molecule has 0 atom stereocenters. The van der Waals surface area contributed by atoms with Gasteiger partial charge in [-0.25, -0.2) is 4.79 Å². The van der Waals surface area contributed by atoms with Crippen LogP contribution in [0.25, 0.3) is 6.08 Å². The van der Waals surface area contributed by atoms with Gasteiger partial charge in [-0.15, -0.1) is 0 Å². The summed E-state index contributed by atoms with van der Waals surface area (Å²) in [6.07, 6.45) is 2.81. The molecule has 0 fully saturated rings. The molecule has 0 bridgehead atoms. The summed E-state index contributed by atoms with van der Waals surface area (Å²) in [6.45, 7) is 0.587. The highest BCUT2D eigenvalue weighted by atomic mass is 35.5. The molecule has 1 heterocycles. The van der Waals surface area contributed by atoms with Crippen molar-refractivity contribution in [3.63, 3.8) is 0 Å². The highest BCUT2D eigenvalue weighted by Gasteiger charge is 2.13. The summed E-state index contributed by atoms with van der Waals surface area (Å²) in [5, 5.41) is 0.635. The number of hydrogen-bond donors (Lipinski definition) is 0. The van der Waals surface area contributed by atoms with Gasteiger partial charge in [0.05, 0.1) is 5.02 Å². The molecular weight excluding hydrogens is 379 g/mol. The Morgan fingerprint density at radius 1 is 1.04 bits per heavy atom. The fourth-order valence-electron chi connectivity index (χ4n) is 2.31. The third-order valence-electron chi connectivity index (χ3n) is 3.56. The Bertz CT molecular complexity index is 876. The second kappa shape index (κ2) is 8.25. The molecule has 3 rings (SSSR count). The first-order chi connectivity index (χ1) is 12.5. The van der Waals surface area contributed by atoms with Crippen molar-refractivity contribution < 1.29 is 23.8 Å². The molecule has 0 N–H and O–H groups in total. The van der Waals surface area contributed by atoms with Crippen LogP contribution in [0.2, 0.25) is 10.0 Å². The first-order valence-electron chi connectivity index (χ1n) is 7.75. The molecule has 134 valence electrons. The van der Waals surface area contributed by atoms with Gasteiger partial charge in [-0.3, -0.25) is 4.79 Å². The molecule has 0 saturated heterocycles. The van der Waals surface area contributed by atoms with Crippen LogP contribution in [-0.4, -0.2) is 31.6 Å². The van der Waals surface area contributed by atoms with Gasteiger partial charge in [-0.05, 0) is 42.0 Å². The fraction of sp³-hybridized carbons (Fsp3) is 0.158. The van der Waals surface area contributed by atoms with Crippen molar-refractivity contribution in [1.82, 2.24) is 0 Å². The molecule has 0 spiro atoms. The van der Waals surface area contributed by atoms with Crippen molar-refractivity contribution >= 4 is 41.0 Å². The van der Waals surface area contributed by atoms with Gasteiger partial charge in [0.15, 0.2) is 18.1 Å². The third-order valence-corrected chi connectivity index (χ3v) is 4.10. The minimum absolute atomic E-state index is 0.213. The smallest absolute Gasteiger partial charge is 0.331 e. The van der Waals surface area contributed by atoms with Crippen LogP contribution in [0, 0.1) is 0 Å². The summed E-state index contributed by atoms with van der Waals surface area (Å²) < 4.78 is 15.9. The van der Waals surface area contributed by atoms with Crippen LogP contribution >= 0.6 is 23.2 Å². The highest BCUT2D eigenvalue weighted by molar-refractivity contribution is 6.36. The van der Waals surface area contributed by atoms with E-state index < -0.39 is 18.4 Å². The van der Waals surface area contributed by atoms with E-state index in [-0.39, 0.29) is 10.6 Å². The Labute approximate surface area is 160 Å². The quantitative estimate of drug-likeness (QED) is 0.433. The van der Waals surface area contributed by atoms with Gasteiger partial charge >= 0.3 is 5.97 Å². The van der Waals surface area contributed by atoms with Gasteiger partial charge in [0.2, 0.25) is 5.78 Å². The molecule has 0 amide bonds. The van der Waals surface area contributed by atoms with E-state index in [1.807, 2.05) is 0 Å². The highest BCUT2D eigenvalue weighted by Crippen LogP contribution is 2.31. The summed E-state index contributed by atoms with van der Waals surface area (Å²) in [7, 11) is 0. The second-order valence-electron chi connectivity index (χ2n) is 5.39. The summed E-state index contributed by atoms with van der Waals surface area (Å²) in [6, 6.07) is 9.81. The van der Waals surface area contributed by atoms with E-state index in [0.29, 0.717) is 29.7 Å². The molecule has 0 radical (unpaired) electrons. The van der Waals surface area contributed by atoms with Crippen molar-refractivity contribution in [2.24, 2.45) is 0 Å². The third kappa shape index (κ3) is 4.56. The van der Waals surface area contributed by atoms with Crippen LogP contribution in [-0.2, 0) is 9.53 Å². The first-order valence-corrected chi connectivity index (χ1v) is 8.51. The zero-order valence-corrected chi connectivity index (χ0v) is 15.0. The maximum absolute atomic E-state index is 12.1. The van der Waals surface area contributed by atoms with Gasteiger partial charge in [-0.2, -0.15) is 0 Å².